The Hall–Kier alpha value is -0.430. The summed E-state index contributed by atoms with van der Waals surface area (Å²) in [4.78, 5) is 8.23. The van der Waals surface area contributed by atoms with E-state index in [1.54, 1.807) is 19.5 Å². The van der Waals surface area contributed by atoms with Crippen molar-refractivity contribution >= 4 is 28.5 Å². The maximum atomic E-state index is 4.98. The maximum absolute atomic E-state index is 4.98. The molecule has 1 heterocycles. The largest absolute Gasteiger partial charge is 0.383 e. The lowest BCUT2D eigenvalue weighted by atomic mass is 10.4. The molecule has 0 radical (unpaired) electrons. The van der Waals surface area contributed by atoms with Gasteiger partial charge >= 0.3 is 0 Å². The number of nitrogens with zero attached hydrogens (tertiary/aromatic N) is 2. The summed E-state index contributed by atoms with van der Waals surface area (Å²) in [7, 11) is 1.67. The van der Waals surface area contributed by atoms with E-state index in [4.69, 9.17) is 4.74 Å². The molecule has 1 unspecified atom stereocenters. The zero-order chi connectivity index (χ0) is 9.68. The van der Waals surface area contributed by atoms with E-state index in [0.29, 0.717) is 12.6 Å². The lowest BCUT2D eigenvalue weighted by molar-refractivity contribution is 0.190. The Balaban J connectivity index is 2.49. The van der Waals surface area contributed by atoms with Crippen LogP contribution < -0.4 is 5.32 Å². The second-order valence-corrected chi connectivity index (χ2v) is 3.97. The highest BCUT2D eigenvalue weighted by Gasteiger charge is 2.02. The Bertz CT molecular complexity index is 252. The molecule has 0 bridgehead atoms. The van der Waals surface area contributed by atoms with Crippen molar-refractivity contribution in [1.82, 2.24) is 9.97 Å². The zero-order valence-electron chi connectivity index (χ0n) is 7.62. The predicted molar refractivity (Wildman–Crippen MR) is 59.7 cm³/mol. The van der Waals surface area contributed by atoms with Gasteiger partial charge in [-0.1, -0.05) is 0 Å². The molecule has 1 rings (SSSR count). The van der Waals surface area contributed by atoms with Crippen molar-refractivity contribution < 1.29 is 4.74 Å². The lowest BCUT2D eigenvalue weighted by Crippen LogP contribution is -2.22. The van der Waals surface area contributed by atoms with Gasteiger partial charge in [0.2, 0.25) is 5.95 Å². The van der Waals surface area contributed by atoms with Crippen molar-refractivity contribution in [2.24, 2.45) is 0 Å². The Morgan fingerprint density at radius 2 is 2.15 bits per heavy atom. The summed E-state index contributed by atoms with van der Waals surface area (Å²) in [6.07, 6.45) is 3.55. The Morgan fingerprint density at radius 3 is 2.69 bits per heavy atom. The summed E-state index contributed by atoms with van der Waals surface area (Å²) in [5, 5.41) is 3.12. The summed E-state index contributed by atoms with van der Waals surface area (Å²) in [6.45, 7) is 2.67. The second-order valence-electron chi connectivity index (χ2n) is 2.73. The Labute approximate surface area is 91.3 Å². The molecule has 1 aromatic rings. The van der Waals surface area contributed by atoms with Crippen LogP contribution >= 0.6 is 22.6 Å². The van der Waals surface area contributed by atoms with Gasteiger partial charge in [-0.3, -0.25) is 0 Å². The highest BCUT2D eigenvalue weighted by atomic mass is 127. The quantitative estimate of drug-likeness (QED) is 0.855. The normalized spacial score (nSPS) is 12.5. The molecule has 0 amide bonds. The van der Waals surface area contributed by atoms with Crippen molar-refractivity contribution in [2.75, 3.05) is 19.0 Å². The van der Waals surface area contributed by atoms with E-state index in [-0.39, 0.29) is 6.04 Å². The van der Waals surface area contributed by atoms with Crippen LogP contribution in [0.1, 0.15) is 6.92 Å². The molecule has 1 aromatic heterocycles. The van der Waals surface area contributed by atoms with Crippen LogP contribution in [0.5, 0.6) is 0 Å². The van der Waals surface area contributed by atoms with Crippen molar-refractivity contribution in [2.45, 2.75) is 13.0 Å². The minimum atomic E-state index is 0.227. The SMILES string of the molecule is COCC(C)Nc1ncc(I)cn1. The van der Waals surface area contributed by atoms with Gasteiger partial charge in [-0.15, -0.1) is 0 Å². The molecular formula is C8H12IN3O. The number of hydrogen-bond acceptors (Lipinski definition) is 4. The molecule has 0 saturated heterocycles. The van der Waals surface area contributed by atoms with Crippen LogP contribution in [0.2, 0.25) is 0 Å². The molecule has 0 aromatic carbocycles. The molecule has 0 saturated carbocycles. The number of nitrogens with one attached hydrogen (secondary N) is 1. The molecular weight excluding hydrogens is 281 g/mol. The summed E-state index contributed by atoms with van der Waals surface area (Å²) in [5.74, 6) is 0.643. The third-order valence-corrected chi connectivity index (χ3v) is 1.97. The number of anilines is 1. The molecule has 4 nitrogen and oxygen atoms in total. The fourth-order valence-electron chi connectivity index (χ4n) is 0.899. The van der Waals surface area contributed by atoms with Crippen LogP contribution in [0, 0.1) is 3.57 Å². The van der Waals surface area contributed by atoms with E-state index in [2.05, 4.69) is 37.9 Å². The van der Waals surface area contributed by atoms with E-state index < -0.39 is 0 Å². The first-order valence-electron chi connectivity index (χ1n) is 3.95. The van der Waals surface area contributed by atoms with E-state index in [9.17, 15) is 0 Å². The first-order chi connectivity index (χ1) is 6.22. The van der Waals surface area contributed by atoms with Gasteiger partial charge in [-0.25, -0.2) is 9.97 Å². The third-order valence-electron chi connectivity index (χ3n) is 1.41. The van der Waals surface area contributed by atoms with E-state index in [1.165, 1.54) is 0 Å². The van der Waals surface area contributed by atoms with Gasteiger partial charge in [0.1, 0.15) is 0 Å². The van der Waals surface area contributed by atoms with Crippen LogP contribution in [0.15, 0.2) is 12.4 Å². The topological polar surface area (TPSA) is 47.0 Å². The number of rotatable bonds is 4. The van der Waals surface area contributed by atoms with Gasteiger partial charge in [0.15, 0.2) is 0 Å². The highest BCUT2D eigenvalue weighted by Crippen LogP contribution is 2.03. The molecule has 5 heteroatoms. The number of hydrogen-bond donors (Lipinski definition) is 1. The molecule has 0 spiro atoms. The predicted octanol–water partition coefficient (Wildman–Crippen LogP) is 1.53. The molecule has 0 fully saturated rings. The van der Waals surface area contributed by atoms with Crippen molar-refractivity contribution in [3.63, 3.8) is 0 Å². The summed E-state index contributed by atoms with van der Waals surface area (Å²) in [5.41, 5.74) is 0. The van der Waals surface area contributed by atoms with Crippen LogP contribution in [0.3, 0.4) is 0 Å². The first-order valence-corrected chi connectivity index (χ1v) is 5.03. The van der Waals surface area contributed by atoms with Crippen LogP contribution in [-0.2, 0) is 4.74 Å². The summed E-state index contributed by atoms with van der Waals surface area (Å²) in [6, 6.07) is 0.227. The molecule has 1 atom stereocenters. The molecule has 13 heavy (non-hydrogen) atoms. The number of halogens is 1. The second kappa shape index (κ2) is 5.33. The minimum Gasteiger partial charge on any atom is -0.383 e. The smallest absolute Gasteiger partial charge is 0.222 e. The lowest BCUT2D eigenvalue weighted by Gasteiger charge is -2.11. The highest BCUT2D eigenvalue weighted by molar-refractivity contribution is 14.1. The molecule has 0 aliphatic rings. The van der Waals surface area contributed by atoms with Gasteiger partial charge in [0.05, 0.1) is 6.61 Å². The molecule has 0 aliphatic carbocycles. The monoisotopic (exact) mass is 293 g/mol. The van der Waals surface area contributed by atoms with Gasteiger partial charge in [0.25, 0.3) is 0 Å². The van der Waals surface area contributed by atoms with Gasteiger partial charge in [-0.05, 0) is 29.5 Å². The van der Waals surface area contributed by atoms with Crippen LogP contribution in [0.4, 0.5) is 5.95 Å². The summed E-state index contributed by atoms with van der Waals surface area (Å²) >= 11 is 2.17. The van der Waals surface area contributed by atoms with E-state index in [0.717, 1.165) is 3.57 Å². The average Bonchev–Trinajstić information content (AvgIpc) is 2.09. The van der Waals surface area contributed by atoms with E-state index >= 15 is 0 Å². The number of aromatic nitrogens is 2. The minimum absolute atomic E-state index is 0.227. The molecule has 72 valence electrons. The Kier molecular flexibility index (Phi) is 4.37. The number of methoxy groups -OCH3 is 1. The van der Waals surface area contributed by atoms with E-state index in [1.807, 2.05) is 6.92 Å². The van der Waals surface area contributed by atoms with Crippen molar-refractivity contribution in [1.29, 1.82) is 0 Å². The Morgan fingerprint density at radius 1 is 1.54 bits per heavy atom. The van der Waals surface area contributed by atoms with Gasteiger partial charge in [0, 0.05) is 29.1 Å². The standard InChI is InChI=1S/C8H12IN3O/c1-6(5-13-2)12-8-10-3-7(9)4-11-8/h3-4,6H,5H2,1-2H3,(H,10,11,12). The van der Waals surface area contributed by atoms with Gasteiger partial charge in [-0.2, -0.15) is 0 Å². The third kappa shape index (κ3) is 3.86. The summed E-state index contributed by atoms with van der Waals surface area (Å²) < 4.78 is 6.01. The molecule has 1 N–H and O–H groups in total. The van der Waals surface area contributed by atoms with Crippen LogP contribution in [0.25, 0.3) is 0 Å². The average molecular weight is 293 g/mol. The first kappa shape index (κ1) is 10.6. The van der Waals surface area contributed by atoms with Crippen LogP contribution in [-0.4, -0.2) is 29.7 Å². The van der Waals surface area contributed by atoms with Crippen molar-refractivity contribution in [3.05, 3.63) is 16.0 Å². The zero-order valence-corrected chi connectivity index (χ0v) is 9.78. The fourth-order valence-corrected chi connectivity index (χ4v) is 1.18. The maximum Gasteiger partial charge on any atom is 0.222 e. The van der Waals surface area contributed by atoms with Gasteiger partial charge < -0.3 is 10.1 Å². The fraction of sp³-hybridized carbons (Fsp3) is 0.500. The molecule has 0 aliphatic heterocycles. The number of ether oxygens (including phenoxy) is 1. The van der Waals surface area contributed by atoms with Crippen molar-refractivity contribution in [3.8, 4) is 0 Å².